The molecule has 0 unspecified atom stereocenters. The minimum absolute atomic E-state index is 0.0512. The highest BCUT2D eigenvalue weighted by Gasteiger charge is 2.33. The molecule has 0 radical (unpaired) electrons. The van der Waals surface area contributed by atoms with Gasteiger partial charge in [0.25, 0.3) is 6.43 Å². The highest BCUT2D eigenvalue weighted by molar-refractivity contribution is 7.17. The third-order valence-electron chi connectivity index (χ3n) is 6.25. The van der Waals surface area contributed by atoms with Crippen molar-refractivity contribution in [1.29, 1.82) is 0 Å². The second kappa shape index (κ2) is 10.5. The molecule has 0 amide bonds. The Morgan fingerprint density at radius 3 is 2.61 bits per heavy atom. The number of aromatic hydroxyl groups is 1. The molecule has 1 fully saturated rings. The first-order chi connectivity index (χ1) is 18.1. The zero-order chi connectivity index (χ0) is 27.0. The molecular weight excluding hydrogens is 549 g/mol. The van der Waals surface area contributed by atoms with Gasteiger partial charge in [0.15, 0.2) is 5.13 Å². The van der Waals surface area contributed by atoms with Gasteiger partial charge >= 0.3 is 6.18 Å². The van der Waals surface area contributed by atoms with Crippen LogP contribution in [0.3, 0.4) is 0 Å². The Hall–Kier alpha value is -3.22. The van der Waals surface area contributed by atoms with E-state index in [9.17, 15) is 27.1 Å². The van der Waals surface area contributed by atoms with Crippen LogP contribution in [0.5, 0.6) is 5.88 Å². The third kappa shape index (κ3) is 5.62. The van der Waals surface area contributed by atoms with E-state index in [4.69, 9.17) is 11.6 Å². The van der Waals surface area contributed by atoms with Gasteiger partial charge in [-0.05, 0) is 41.5 Å². The van der Waals surface area contributed by atoms with Crippen LogP contribution in [-0.2, 0) is 6.18 Å². The minimum atomic E-state index is -4.66. The van der Waals surface area contributed by atoms with Gasteiger partial charge in [-0.25, -0.2) is 8.78 Å². The number of aromatic amines is 1. The van der Waals surface area contributed by atoms with Crippen molar-refractivity contribution >= 4 is 50.6 Å². The molecule has 5 rings (SSSR count). The van der Waals surface area contributed by atoms with E-state index < -0.39 is 18.2 Å². The van der Waals surface area contributed by atoms with Gasteiger partial charge in [0, 0.05) is 42.2 Å². The summed E-state index contributed by atoms with van der Waals surface area (Å²) in [5.41, 5.74) is 0.588. The molecule has 2 aromatic carbocycles. The molecule has 3 heterocycles. The van der Waals surface area contributed by atoms with Crippen molar-refractivity contribution in [3.63, 3.8) is 0 Å². The van der Waals surface area contributed by atoms with Gasteiger partial charge in [-0.1, -0.05) is 35.1 Å². The van der Waals surface area contributed by atoms with Crippen molar-refractivity contribution in [3.8, 4) is 5.88 Å². The smallest absolute Gasteiger partial charge is 0.417 e. The normalized spacial score (nSPS) is 15.7. The van der Waals surface area contributed by atoms with Crippen LogP contribution in [0.15, 0.2) is 42.6 Å². The Balaban J connectivity index is 1.57. The number of benzene rings is 2. The van der Waals surface area contributed by atoms with Gasteiger partial charge in [-0.3, -0.25) is 10.00 Å². The number of alkyl halides is 5. The van der Waals surface area contributed by atoms with Crippen LogP contribution in [0.2, 0.25) is 5.02 Å². The second-order valence-electron chi connectivity index (χ2n) is 8.79. The zero-order valence-corrected chi connectivity index (χ0v) is 21.2. The fourth-order valence-electron chi connectivity index (χ4n) is 4.37. The lowest BCUT2D eigenvalue weighted by Crippen LogP contribution is -2.47. The number of H-pyrrole nitrogens is 1. The molecule has 4 aromatic rings. The number of halogens is 6. The molecule has 38 heavy (non-hydrogen) atoms. The summed E-state index contributed by atoms with van der Waals surface area (Å²) in [6.45, 7) is 1.34. The number of nitrogens with one attached hydrogen (secondary N) is 1. The van der Waals surface area contributed by atoms with Gasteiger partial charge in [-0.15, -0.1) is 0 Å². The van der Waals surface area contributed by atoms with E-state index in [-0.39, 0.29) is 27.9 Å². The standard InChI is InChI=1S/C25H21ClF5N5OS/c26-17-3-1-15(19(11-17)25(29,30)31)10-18(14-2-4-20-16(9-14)12-32-34-20)22-23(37)33-24(38-22)36-7-5-35(6-8-36)13-21(27)28/h1-4,9-12,21,37H,5-8,13H2,(H,32,34). The molecule has 6 nitrogen and oxygen atoms in total. The summed E-state index contributed by atoms with van der Waals surface area (Å²) in [6.07, 6.45) is -4.13. The molecule has 0 saturated carbocycles. The van der Waals surface area contributed by atoms with Crippen LogP contribution in [0.4, 0.5) is 27.1 Å². The summed E-state index contributed by atoms with van der Waals surface area (Å²) in [6, 6.07) is 8.74. The first kappa shape index (κ1) is 26.4. The number of nitrogens with zero attached hydrogens (tertiary/aromatic N) is 4. The van der Waals surface area contributed by atoms with Crippen LogP contribution in [0, 0.1) is 0 Å². The molecule has 13 heteroatoms. The summed E-state index contributed by atoms with van der Waals surface area (Å²) >= 11 is 7.00. The van der Waals surface area contributed by atoms with E-state index in [0.717, 1.165) is 28.3 Å². The highest BCUT2D eigenvalue weighted by Crippen LogP contribution is 2.42. The molecule has 1 saturated heterocycles. The third-order valence-corrected chi connectivity index (χ3v) is 7.63. The first-order valence-corrected chi connectivity index (χ1v) is 12.8. The number of anilines is 1. The Kier molecular flexibility index (Phi) is 7.30. The molecular formula is C25H21ClF5N5OS. The lowest BCUT2D eigenvalue weighted by Gasteiger charge is -2.34. The maximum Gasteiger partial charge on any atom is 0.417 e. The highest BCUT2D eigenvalue weighted by atomic mass is 35.5. The number of thiazole rings is 1. The number of piperazine rings is 1. The van der Waals surface area contributed by atoms with E-state index in [1.165, 1.54) is 18.2 Å². The first-order valence-electron chi connectivity index (χ1n) is 11.6. The van der Waals surface area contributed by atoms with Gasteiger partial charge in [-0.2, -0.15) is 23.3 Å². The maximum absolute atomic E-state index is 13.9. The van der Waals surface area contributed by atoms with Crippen molar-refractivity contribution in [2.75, 3.05) is 37.6 Å². The Morgan fingerprint density at radius 1 is 1.13 bits per heavy atom. The van der Waals surface area contributed by atoms with Gasteiger partial charge in [0.05, 0.1) is 23.8 Å². The Labute approximate surface area is 223 Å². The summed E-state index contributed by atoms with van der Waals surface area (Å²) in [5.74, 6) is -0.332. The molecule has 2 aromatic heterocycles. The largest absolute Gasteiger partial charge is 0.492 e. The topological polar surface area (TPSA) is 68.3 Å². The number of hydrogen-bond acceptors (Lipinski definition) is 6. The zero-order valence-electron chi connectivity index (χ0n) is 19.6. The number of hydrogen-bond donors (Lipinski definition) is 2. The number of rotatable bonds is 6. The quantitative estimate of drug-likeness (QED) is 0.209. The molecule has 0 spiro atoms. The van der Waals surface area contributed by atoms with Crippen LogP contribution in [-0.4, -0.2) is 64.3 Å². The monoisotopic (exact) mass is 569 g/mol. The van der Waals surface area contributed by atoms with Crippen LogP contribution in [0.25, 0.3) is 22.6 Å². The fraction of sp³-hybridized carbons (Fsp3) is 0.280. The minimum Gasteiger partial charge on any atom is -0.492 e. The van der Waals surface area contributed by atoms with E-state index in [1.807, 2.05) is 4.90 Å². The van der Waals surface area contributed by atoms with E-state index in [0.29, 0.717) is 42.4 Å². The van der Waals surface area contributed by atoms with Crippen molar-refractivity contribution in [3.05, 3.63) is 69.2 Å². The van der Waals surface area contributed by atoms with E-state index >= 15 is 0 Å². The molecule has 200 valence electrons. The maximum atomic E-state index is 13.9. The van der Waals surface area contributed by atoms with Crippen molar-refractivity contribution in [2.24, 2.45) is 0 Å². The SMILES string of the molecule is Oc1nc(N2CCN(CC(F)F)CC2)sc1C(=Cc1ccc(Cl)cc1C(F)(F)F)c1ccc2[nH]ncc2c1. The van der Waals surface area contributed by atoms with Crippen molar-refractivity contribution in [2.45, 2.75) is 12.6 Å². The molecule has 0 aliphatic carbocycles. The van der Waals surface area contributed by atoms with Crippen LogP contribution >= 0.6 is 22.9 Å². The van der Waals surface area contributed by atoms with Gasteiger partial charge in [0.1, 0.15) is 4.88 Å². The lowest BCUT2D eigenvalue weighted by molar-refractivity contribution is -0.137. The van der Waals surface area contributed by atoms with Gasteiger partial charge in [0.2, 0.25) is 5.88 Å². The van der Waals surface area contributed by atoms with Crippen molar-refractivity contribution in [1.82, 2.24) is 20.1 Å². The molecule has 0 atom stereocenters. The van der Waals surface area contributed by atoms with Crippen molar-refractivity contribution < 1.29 is 27.1 Å². The van der Waals surface area contributed by atoms with E-state index in [1.54, 1.807) is 29.3 Å². The Morgan fingerprint density at radius 2 is 1.89 bits per heavy atom. The predicted molar refractivity (Wildman–Crippen MR) is 138 cm³/mol. The second-order valence-corrected chi connectivity index (χ2v) is 10.2. The summed E-state index contributed by atoms with van der Waals surface area (Å²) in [4.78, 5) is 8.08. The lowest BCUT2D eigenvalue weighted by atomic mass is 9.98. The van der Waals surface area contributed by atoms with Crippen LogP contribution in [0.1, 0.15) is 21.6 Å². The van der Waals surface area contributed by atoms with Crippen LogP contribution < -0.4 is 4.90 Å². The fourth-order valence-corrected chi connectivity index (χ4v) is 5.60. The summed E-state index contributed by atoms with van der Waals surface area (Å²) in [7, 11) is 0. The van der Waals surface area contributed by atoms with Gasteiger partial charge < -0.3 is 10.0 Å². The number of fused-ring (bicyclic) bond motifs is 1. The Bertz CT molecular complexity index is 1480. The number of aromatic nitrogens is 3. The molecule has 1 aliphatic heterocycles. The summed E-state index contributed by atoms with van der Waals surface area (Å²) in [5, 5.41) is 18.8. The predicted octanol–water partition coefficient (Wildman–Crippen LogP) is 6.37. The molecule has 1 aliphatic rings. The summed E-state index contributed by atoms with van der Waals surface area (Å²) < 4.78 is 67.1. The average Bonchev–Trinajstić information content (AvgIpc) is 3.49. The molecule has 2 N–H and O–H groups in total. The van der Waals surface area contributed by atoms with E-state index in [2.05, 4.69) is 15.2 Å². The average molecular weight is 570 g/mol. The molecule has 0 bridgehead atoms.